The number of carbonyl (C=O) groups excluding carboxylic acids is 1. The van der Waals surface area contributed by atoms with Crippen molar-refractivity contribution in [2.45, 2.75) is 24.3 Å². The van der Waals surface area contributed by atoms with E-state index in [1.807, 2.05) is 0 Å². The molecule has 2 aromatic rings. The van der Waals surface area contributed by atoms with Gasteiger partial charge in [0.25, 0.3) is 10.0 Å². The van der Waals surface area contributed by atoms with Crippen molar-refractivity contribution in [3.05, 3.63) is 54.1 Å². The number of amides is 1. The number of para-hydroxylation sites is 2. The summed E-state index contributed by atoms with van der Waals surface area (Å²) >= 11 is 0. The zero-order valence-corrected chi connectivity index (χ0v) is 13.5. The first-order chi connectivity index (χ1) is 11.3. The van der Waals surface area contributed by atoms with Crippen molar-refractivity contribution in [3.8, 4) is 0 Å². The van der Waals surface area contributed by atoms with Crippen LogP contribution in [0.1, 0.15) is 13.3 Å². The van der Waals surface area contributed by atoms with Crippen LogP contribution in [0.3, 0.4) is 0 Å². The maximum Gasteiger partial charge on any atom is 0.267 e. The summed E-state index contributed by atoms with van der Waals surface area (Å²) in [4.78, 5) is 11.2. The third-order valence-electron chi connectivity index (χ3n) is 3.75. The van der Waals surface area contributed by atoms with Gasteiger partial charge in [-0.3, -0.25) is 9.10 Å². The molecule has 5 nitrogen and oxygen atoms in total. The molecular formula is C16H14F2N2O3S. The number of carbonyl (C=O) groups is 1. The van der Waals surface area contributed by atoms with Crippen LogP contribution in [0.4, 0.5) is 20.2 Å². The predicted molar refractivity (Wildman–Crippen MR) is 85.2 cm³/mol. The van der Waals surface area contributed by atoms with Gasteiger partial charge in [0.15, 0.2) is 11.6 Å². The summed E-state index contributed by atoms with van der Waals surface area (Å²) in [6.45, 7) is 1.54. The second-order valence-corrected chi connectivity index (χ2v) is 7.25. The smallest absolute Gasteiger partial charge is 0.267 e. The van der Waals surface area contributed by atoms with E-state index in [2.05, 4.69) is 5.32 Å². The van der Waals surface area contributed by atoms with Gasteiger partial charge in [-0.25, -0.2) is 17.2 Å². The monoisotopic (exact) mass is 352 g/mol. The topological polar surface area (TPSA) is 66.5 Å². The molecule has 1 N–H and O–H groups in total. The lowest BCUT2D eigenvalue weighted by molar-refractivity contribution is -0.116. The van der Waals surface area contributed by atoms with Crippen molar-refractivity contribution in [1.82, 2.24) is 0 Å². The van der Waals surface area contributed by atoms with E-state index in [4.69, 9.17) is 0 Å². The Hall–Kier alpha value is -2.48. The lowest BCUT2D eigenvalue weighted by atomic mass is 10.2. The summed E-state index contributed by atoms with van der Waals surface area (Å²) < 4.78 is 54.5. The third kappa shape index (κ3) is 2.62. The maximum atomic E-state index is 14.1. The van der Waals surface area contributed by atoms with E-state index in [9.17, 15) is 22.0 Å². The van der Waals surface area contributed by atoms with Gasteiger partial charge in [0, 0.05) is 6.42 Å². The molecule has 0 fully saturated rings. The zero-order valence-electron chi connectivity index (χ0n) is 12.7. The van der Waals surface area contributed by atoms with Crippen LogP contribution in [0.5, 0.6) is 0 Å². The number of nitrogens with one attached hydrogen (secondary N) is 1. The quantitative estimate of drug-likeness (QED) is 0.904. The highest BCUT2D eigenvalue weighted by Gasteiger charge is 2.36. The Kier molecular flexibility index (Phi) is 4.00. The molecule has 0 spiro atoms. The highest BCUT2D eigenvalue weighted by atomic mass is 32.2. The fourth-order valence-corrected chi connectivity index (χ4v) is 4.47. The molecule has 0 aromatic heterocycles. The molecule has 1 atom stereocenters. The molecular weight excluding hydrogens is 338 g/mol. The number of benzene rings is 2. The molecule has 0 bridgehead atoms. The second kappa shape index (κ2) is 5.86. The van der Waals surface area contributed by atoms with Crippen LogP contribution in [-0.2, 0) is 14.8 Å². The summed E-state index contributed by atoms with van der Waals surface area (Å²) in [6.07, 6.45) is -0.106. The van der Waals surface area contributed by atoms with Gasteiger partial charge in [0.05, 0.1) is 17.4 Å². The first-order valence-corrected chi connectivity index (χ1v) is 8.63. The van der Waals surface area contributed by atoms with Crippen LogP contribution >= 0.6 is 0 Å². The summed E-state index contributed by atoms with van der Waals surface area (Å²) in [5, 5.41) is 2.62. The highest BCUT2D eigenvalue weighted by molar-refractivity contribution is 7.92. The second-order valence-electron chi connectivity index (χ2n) is 5.47. The van der Waals surface area contributed by atoms with E-state index in [0.717, 1.165) is 22.5 Å². The third-order valence-corrected chi connectivity index (χ3v) is 5.70. The molecule has 3 rings (SSSR count). The standard InChI is InChI=1S/C16H14F2N2O3S/c1-10-9-15(21)19-12-6-2-3-7-13(12)20(10)24(22,23)14-8-4-5-11(17)16(14)18/h2-8,10H,9H2,1H3,(H,19,21)/t10-/m1/s1. The zero-order chi connectivity index (χ0) is 17.5. The maximum absolute atomic E-state index is 14.1. The molecule has 0 unspecified atom stereocenters. The largest absolute Gasteiger partial charge is 0.324 e. The van der Waals surface area contributed by atoms with Crippen molar-refractivity contribution in [3.63, 3.8) is 0 Å². The van der Waals surface area contributed by atoms with Crippen LogP contribution in [-0.4, -0.2) is 20.4 Å². The number of nitrogens with zero attached hydrogens (tertiary/aromatic N) is 1. The Morgan fingerprint density at radius 1 is 1.12 bits per heavy atom. The Balaban J connectivity index is 2.23. The summed E-state index contributed by atoms with van der Waals surface area (Å²) in [5.41, 5.74) is 0.506. The van der Waals surface area contributed by atoms with Crippen LogP contribution in [0.15, 0.2) is 47.4 Å². The van der Waals surface area contributed by atoms with E-state index in [1.165, 1.54) is 13.0 Å². The predicted octanol–water partition coefficient (Wildman–Crippen LogP) is 2.89. The van der Waals surface area contributed by atoms with E-state index >= 15 is 0 Å². The van der Waals surface area contributed by atoms with Gasteiger partial charge in [0.2, 0.25) is 5.91 Å². The first kappa shape index (κ1) is 16.4. The number of sulfonamides is 1. The van der Waals surface area contributed by atoms with Gasteiger partial charge in [0.1, 0.15) is 4.90 Å². The van der Waals surface area contributed by atoms with Gasteiger partial charge in [-0.05, 0) is 31.2 Å². The molecule has 24 heavy (non-hydrogen) atoms. The van der Waals surface area contributed by atoms with Gasteiger partial charge in [-0.1, -0.05) is 18.2 Å². The Bertz CT molecular complexity index is 915. The Labute approximate surface area is 138 Å². The lowest BCUT2D eigenvalue weighted by Gasteiger charge is -2.29. The number of anilines is 2. The summed E-state index contributed by atoms with van der Waals surface area (Å²) in [5.74, 6) is -3.04. The summed E-state index contributed by atoms with van der Waals surface area (Å²) in [6, 6.07) is 8.52. The van der Waals surface area contributed by atoms with Crippen LogP contribution in [0.2, 0.25) is 0 Å². The molecule has 0 saturated carbocycles. The number of halogens is 2. The normalized spacial score (nSPS) is 17.9. The van der Waals surface area contributed by atoms with Crippen LogP contribution in [0.25, 0.3) is 0 Å². The molecule has 1 aliphatic heterocycles. The average Bonchev–Trinajstić information content (AvgIpc) is 2.64. The van der Waals surface area contributed by atoms with Gasteiger partial charge < -0.3 is 5.32 Å². The molecule has 2 aromatic carbocycles. The number of fused-ring (bicyclic) bond motifs is 1. The Morgan fingerprint density at radius 3 is 2.58 bits per heavy atom. The van der Waals surface area contributed by atoms with E-state index in [0.29, 0.717) is 5.69 Å². The highest BCUT2D eigenvalue weighted by Crippen LogP contribution is 2.36. The van der Waals surface area contributed by atoms with Gasteiger partial charge in [-0.2, -0.15) is 0 Å². The van der Waals surface area contributed by atoms with Crippen molar-refractivity contribution in [1.29, 1.82) is 0 Å². The first-order valence-electron chi connectivity index (χ1n) is 7.19. The van der Waals surface area contributed by atoms with Crippen LogP contribution in [0, 0.1) is 11.6 Å². The average molecular weight is 352 g/mol. The molecule has 0 aliphatic carbocycles. The van der Waals surface area contributed by atoms with Crippen molar-refractivity contribution < 1.29 is 22.0 Å². The number of rotatable bonds is 2. The number of hydrogen-bond acceptors (Lipinski definition) is 3. The minimum Gasteiger partial charge on any atom is -0.324 e. The number of hydrogen-bond donors (Lipinski definition) is 1. The minimum atomic E-state index is -4.40. The molecule has 0 saturated heterocycles. The van der Waals surface area contributed by atoms with Crippen molar-refractivity contribution >= 4 is 27.3 Å². The molecule has 1 heterocycles. The fraction of sp³-hybridized carbons (Fsp3) is 0.188. The molecule has 8 heteroatoms. The lowest BCUT2D eigenvalue weighted by Crippen LogP contribution is -2.39. The van der Waals surface area contributed by atoms with Crippen LogP contribution < -0.4 is 9.62 Å². The molecule has 1 aliphatic rings. The molecule has 1 amide bonds. The van der Waals surface area contributed by atoms with E-state index in [-0.39, 0.29) is 18.0 Å². The van der Waals surface area contributed by atoms with E-state index < -0.39 is 32.6 Å². The summed E-state index contributed by atoms with van der Waals surface area (Å²) in [7, 11) is -4.40. The van der Waals surface area contributed by atoms with Gasteiger partial charge >= 0.3 is 0 Å². The SMILES string of the molecule is C[C@@H]1CC(=O)Nc2ccccc2N1S(=O)(=O)c1cccc(F)c1F. The fourth-order valence-electron chi connectivity index (χ4n) is 2.72. The van der Waals surface area contributed by atoms with Crippen molar-refractivity contribution in [2.24, 2.45) is 0 Å². The van der Waals surface area contributed by atoms with E-state index in [1.54, 1.807) is 18.2 Å². The molecule has 126 valence electrons. The minimum absolute atomic E-state index is 0.106. The molecule has 0 radical (unpaired) electrons. The van der Waals surface area contributed by atoms with Gasteiger partial charge in [-0.15, -0.1) is 0 Å². The van der Waals surface area contributed by atoms with Crippen molar-refractivity contribution in [2.75, 3.05) is 9.62 Å². The Morgan fingerprint density at radius 2 is 1.83 bits per heavy atom.